The third-order valence-corrected chi connectivity index (χ3v) is 3.04. The molecule has 5 N–H and O–H groups in total. The zero-order chi connectivity index (χ0) is 12.4. The molecule has 2 rings (SSSR count). The average molecular weight is 236 g/mol. The summed E-state index contributed by atoms with van der Waals surface area (Å²) in [6, 6.07) is 3.47. The molecule has 92 valence electrons. The monoisotopic (exact) mass is 236 g/mol. The van der Waals surface area contributed by atoms with Crippen LogP contribution in [0.15, 0.2) is 12.1 Å². The standard InChI is InChI=1S/C11H16N4O2/c12-8-3-4-9(14-10(8)13)15-5-1-2-7(6-15)11(16)17/h3-4,7H,1-2,5-6,12H2,(H2,13,14)(H,16,17). The fourth-order valence-corrected chi connectivity index (χ4v) is 2.04. The van der Waals surface area contributed by atoms with Gasteiger partial charge in [0.25, 0.3) is 0 Å². The Morgan fingerprint density at radius 2 is 2.24 bits per heavy atom. The molecule has 0 aromatic carbocycles. The molecule has 1 aromatic rings. The number of nitrogen functional groups attached to an aromatic ring is 2. The largest absolute Gasteiger partial charge is 0.481 e. The molecule has 1 atom stereocenters. The van der Waals surface area contributed by atoms with Crippen molar-refractivity contribution in [3.8, 4) is 0 Å². The Morgan fingerprint density at radius 3 is 2.88 bits per heavy atom. The molecule has 6 nitrogen and oxygen atoms in total. The van der Waals surface area contributed by atoms with Crippen molar-refractivity contribution in [2.45, 2.75) is 12.8 Å². The van der Waals surface area contributed by atoms with Crippen LogP contribution in [-0.2, 0) is 4.79 Å². The van der Waals surface area contributed by atoms with Crippen LogP contribution in [0.1, 0.15) is 12.8 Å². The molecule has 0 spiro atoms. The summed E-state index contributed by atoms with van der Waals surface area (Å²) in [5, 5.41) is 9.01. The predicted molar refractivity (Wildman–Crippen MR) is 65.6 cm³/mol. The van der Waals surface area contributed by atoms with Crippen LogP contribution in [0.4, 0.5) is 17.3 Å². The lowest BCUT2D eigenvalue weighted by Gasteiger charge is -2.31. The van der Waals surface area contributed by atoms with Crippen LogP contribution in [-0.4, -0.2) is 29.1 Å². The molecule has 1 aliphatic heterocycles. The van der Waals surface area contributed by atoms with Crippen molar-refractivity contribution in [3.63, 3.8) is 0 Å². The molecule has 6 heteroatoms. The number of carboxylic acids is 1. The highest BCUT2D eigenvalue weighted by Gasteiger charge is 2.26. The van der Waals surface area contributed by atoms with Crippen LogP contribution in [0.3, 0.4) is 0 Å². The molecule has 0 radical (unpaired) electrons. The second-order valence-corrected chi connectivity index (χ2v) is 4.27. The van der Waals surface area contributed by atoms with Crippen LogP contribution < -0.4 is 16.4 Å². The number of aromatic nitrogens is 1. The van der Waals surface area contributed by atoms with Gasteiger partial charge in [0, 0.05) is 13.1 Å². The van der Waals surface area contributed by atoms with E-state index in [4.69, 9.17) is 16.6 Å². The summed E-state index contributed by atoms with van der Waals surface area (Å²) in [6.45, 7) is 1.28. The number of anilines is 3. The van der Waals surface area contributed by atoms with E-state index < -0.39 is 5.97 Å². The van der Waals surface area contributed by atoms with Crippen molar-refractivity contribution < 1.29 is 9.90 Å². The zero-order valence-corrected chi connectivity index (χ0v) is 9.47. The lowest BCUT2D eigenvalue weighted by atomic mass is 9.98. The number of nitrogens with two attached hydrogens (primary N) is 2. The first-order chi connectivity index (χ1) is 8.08. The van der Waals surface area contributed by atoms with E-state index in [-0.39, 0.29) is 5.92 Å². The van der Waals surface area contributed by atoms with Crippen molar-refractivity contribution in [1.82, 2.24) is 4.98 Å². The maximum Gasteiger partial charge on any atom is 0.308 e. The normalized spacial score (nSPS) is 20.2. The molecule has 2 heterocycles. The van der Waals surface area contributed by atoms with Gasteiger partial charge in [-0.15, -0.1) is 0 Å². The average Bonchev–Trinajstić information content (AvgIpc) is 2.33. The Balaban J connectivity index is 2.16. The second-order valence-electron chi connectivity index (χ2n) is 4.27. The molecule has 1 saturated heterocycles. The minimum atomic E-state index is -0.752. The lowest BCUT2D eigenvalue weighted by molar-refractivity contribution is -0.141. The molecule has 0 aliphatic carbocycles. The summed E-state index contributed by atoms with van der Waals surface area (Å²) >= 11 is 0. The van der Waals surface area contributed by atoms with E-state index >= 15 is 0 Å². The van der Waals surface area contributed by atoms with E-state index in [0.29, 0.717) is 23.9 Å². The maximum absolute atomic E-state index is 11.0. The Kier molecular flexibility index (Phi) is 3.03. The van der Waals surface area contributed by atoms with Gasteiger partial charge in [-0.25, -0.2) is 4.98 Å². The number of hydrogen-bond acceptors (Lipinski definition) is 5. The van der Waals surface area contributed by atoms with Gasteiger partial charge < -0.3 is 21.5 Å². The summed E-state index contributed by atoms with van der Waals surface area (Å²) < 4.78 is 0. The summed E-state index contributed by atoms with van der Waals surface area (Å²) in [7, 11) is 0. The summed E-state index contributed by atoms with van der Waals surface area (Å²) in [5.41, 5.74) is 11.7. The van der Waals surface area contributed by atoms with Gasteiger partial charge in [-0.3, -0.25) is 4.79 Å². The van der Waals surface area contributed by atoms with Gasteiger partial charge in [-0.2, -0.15) is 0 Å². The molecule has 0 amide bonds. The Morgan fingerprint density at radius 1 is 1.47 bits per heavy atom. The van der Waals surface area contributed by atoms with Gasteiger partial charge in [-0.05, 0) is 25.0 Å². The topological polar surface area (TPSA) is 105 Å². The molecule has 17 heavy (non-hydrogen) atoms. The first kappa shape index (κ1) is 11.5. The zero-order valence-electron chi connectivity index (χ0n) is 9.47. The first-order valence-electron chi connectivity index (χ1n) is 5.57. The molecule has 1 aromatic heterocycles. The van der Waals surface area contributed by atoms with Crippen LogP contribution in [0, 0.1) is 5.92 Å². The van der Waals surface area contributed by atoms with E-state index in [2.05, 4.69) is 4.98 Å². The number of pyridine rings is 1. The fraction of sp³-hybridized carbons (Fsp3) is 0.455. The predicted octanol–water partition coefficient (Wildman–Crippen LogP) is 0.547. The van der Waals surface area contributed by atoms with Gasteiger partial charge in [0.15, 0.2) is 0 Å². The van der Waals surface area contributed by atoms with Crippen LogP contribution in [0.2, 0.25) is 0 Å². The highest BCUT2D eigenvalue weighted by atomic mass is 16.4. The number of nitrogens with zero attached hydrogens (tertiary/aromatic N) is 2. The molecule has 1 aliphatic rings. The molecule has 1 fully saturated rings. The Bertz CT molecular complexity index is 435. The number of hydrogen-bond donors (Lipinski definition) is 3. The van der Waals surface area contributed by atoms with E-state index in [1.807, 2.05) is 4.90 Å². The van der Waals surface area contributed by atoms with E-state index in [0.717, 1.165) is 19.4 Å². The van der Waals surface area contributed by atoms with Crippen molar-refractivity contribution in [3.05, 3.63) is 12.1 Å². The van der Waals surface area contributed by atoms with Crippen LogP contribution >= 0.6 is 0 Å². The van der Waals surface area contributed by atoms with Crippen molar-refractivity contribution >= 4 is 23.3 Å². The van der Waals surface area contributed by atoms with Crippen molar-refractivity contribution in [1.29, 1.82) is 0 Å². The molecule has 0 saturated carbocycles. The van der Waals surface area contributed by atoms with Gasteiger partial charge in [-0.1, -0.05) is 0 Å². The van der Waals surface area contributed by atoms with Crippen molar-refractivity contribution in [2.24, 2.45) is 5.92 Å². The minimum absolute atomic E-state index is 0.292. The highest BCUT2D eigenvalue weighted by molar-refractivity contribution is 5.71. The molecule has 0 bridgehead atoms. The number of piperidine rings is 1. The number of rotatable bonds is 2. The number of carbonyl (C=O) groups is 1. The molecule has 1 unspecified atom stereocenters. The van der Waals surface area contributed by atoms with Crippen LogP contribution in [0.5, 0.6) is 0 Å². The van der Waals surface area contributed by atoms with Crippen LogP contribution in [0.25, 0.3) is 0 Å². The Labute approximate surface area is 99.2 Å². The second kappa shape index (κ2) is 4.48. The van der Waals surface area contributed by atoms with Gasteiger partial charge in [0.2, 0.25) is 0 Å². The maximum atomic E-state index is 11.0. The summed E-state index contributed by atoms with van der Waals surface area (Å²) in [4.78, 5) is 17.1. The smallest absolute Gasteiger partial charge is 0.308 e. The first-order valence-corrected chi connectivity index (χ1v) is 5.57. The van der Waals surface area contributed by atoms with Gasteiger partial charge in [0.05, 0.1) is 11.6 Å². The number of carboxylic acid groups (broad SMARTS) is 1. The van der Waals surface area contributed by atoms with Gasteiger partial charge in [0.1, 0.15) is 11.6 Å². The van der Waals surface area contributed by atoms with E-state index in [9.17, 15) is 4.79 Å². The van der Waals surface area contributed by atoms with Gasteiger partial charge >= 0.3 is 5.97 Å². The minimum Gasteiger partial charge on any atom is -0.481 e. The quantitative estimate of drug-likeness (QED) is 0.692. The molecular weight excluding hydrogens is 220 g/mol. The summed E-state index contributed by atoms with van der Waals surface area (Å²) in [6.07, 6.45) is 1.57. The lowest BCUT2D eigenvalue weighted by Crippen LogP contribution is -2.39. The third-order valence-electron chi connectivity index (χ3n) is 3.04. The van der Waals surface area contributed by atoms with Crippen molar-refractivity contribution in [2.75, 3.05) is 29.5 Å². The highest BCUT2D eigenvalue weighted by Crippen LogP contribution is 2.24. The Hall–Kier alpha value is -1.98. The third kappa shape index (κ3) is 2.41. The SMILES string of the molecule is Nc1ccc(N2CCCC(C(=O)O)C2)nc1N. The van der Waals surface area contributed by atoms with E-state index in [1.54, 1.807) is 12.1 Å². The molecular formula is C11H16N4O2. The fourth-order valence-electron chi connectivity index (χ4n) is 2.04. The van der Waals surface area contributed by atoms with E-state index in [1.165, 1.54) is 0 Å². The number of aliphatic carboxylic acids is 1. The summed E-state index contributed by atoms with van der Waals surface area (Å²) in [5.74, 6) is -0.0926.